The van der Waals surface area contributed by atoms with E-state index in [0.29, 0.717) is 6.61 Å². The first kappa shape index (κ1) is 13.3. The number of hydrogen-bond donors (Lipinski definition) is 0. The molecule has 0 N–H and O–H groups in total. The molecule has 0 aliphatic carbocycles. The summed E-state index contributed by atoms with van der Waals surface area (Å²) in [7, 11) is 3.26. The number of halogens is 1. The Balaban J connectivity index is 2.54. The van der Waals surface area contributed by atoms with Gasteiger partial charge in [-0.1, -0.05) is 22.0 Å². The number of methoxy groups -OCH3 is 2. The van der Waals surface area contributed by atoms with Gasteiger partial charge in [0, 0.05) is 11.9 Å². The minimum atomic E-state index is 0.605. The standard InChI is InChI=1S/C12H17BrO3/c1-14-11-5-4-10(8-12(11)15-2)9-16-7-3-6-13/h4-5,8H,3,6-7,9H2,1-2H3. The Labute approximate surface area is 105 Å². The van der Waals surface area contributed by atoms with Crippen molar-refractivity contribution < 1.29 is 14.2 Å². The van der Waals surface area contributed by atoms with E-state index in [9.17, 15) is 0 Å². The van der Waals surface area contributed by atoms with E-state index in [1.165, 1.54) is 0 Å². The molecule has 1 rings (SSSR count). The zero-order chi connectivity index (χ0) is 11.8. The maximum Gasteiger partial charge on any atom is 0.161 e. The van der Waals surface area contributed by atoms with E-state index in [1.54, 1.807) is 14.2 Å². The largest absolute Gasteiger partial charge is 0.493 e. The normalized spacial score (nSPS) is 10.2. The highest BCUT2D eigenvalue weighted by molar-refractivity contribution is 9.09. The Kier molecular flexibility index (Phi) is 6.26. The minimum Gasteiger partial charge on any atom is -0.493 e. The summed E-state index contributed by atoms with van der Waals surface area (Å²) in [5, 5.41) is 0.971. The van der Waals surface area contributed by atoms with Gasteiger partial charge in [0.2, 0.25) is 0 Å². The van der Waals surface area contributed by atoms with Crippen LogP contribution in [0.15, 0.2) is 18.2 Å². The quantitative estimate of drug-likeness (QED) is 0.570. The van der Waals surface area contributed by atoms with Crippen molar-refractivity contribution in [2.45, 2.75) is 13.0 Å². The molecule has 3 nitrogen and oxygen atoms in total. The number of rotatable bonds is 7. The molecule has 0 aliphatic heterocycles. The molecule has 0 fully saturated rings. The molecule has 0 spiro atoms. The summed E-state index contributed by atoms with van der Waals surface area (Å²) in [5.74, 6) is 1.48. The third-order valence-electron chi connectivity index (χ3n) is 2.14. The summed E-state index contributed by atoms with van der Waals surface area (Å²) in [4.78, 5) is 0. The van der Waals surface area contributed by atoms with Crippen molar-refractivity contribution in [2.75, 3.05) is 26.2 Å². The molecule has 0 heterocycles. The Hall–Kier alpha value is -0.740. The van der Waals surface area contributed by atoms with Gasteiger partial charge in [-0.25, -0.2) is 0 Å². The number of benzene rings is 1. The summed E-state index contributed by atoms with van der Waals surface area (Å²) in [6.45, 7) is 1.37. The van der Waals surface area contributed by atoms with E-state index in [4.69, 9.17) is 14.2 Å². The van der Waals surface area contributed by atoms with Crippen LogP contribution in [-0.2, 0) is 11.3 Å². The maximum absolute atomic E-state index is 5.51. The average molecular weight is 289 g/mol. The second-order valence-electron chi connectivity index (χ2n) is 3.28. The van der Waals surface area contributed by atoms with Gasteiger partial charge in [0.1, 0.15) is 0 Å². The van der Waals surface area contributed by atoms with Gasteiger partial charge in [0.15, 0.2) is 11.5 Å². The van der Waals surface area contributed by atoms with Crippen molar-refractivity contribution in [3.8, 4) is 11.5 Å². The van der Waals surface area contributed by atoms with Crippen molar-refractivity contribution in [2.24, 2.45) is 0 Å². The van der Waals surface area contributed by atoms with Crippen LogP contribution in [0.25, 0.3) is 0 Å². The molecular formula is C12H17BrO3. The first-order chi connectivity index (χ1) is 7.81. The van der Waals surface area contributed by atoms with Gasteiger partial charge >= 0.3 is 0 Å². The van der Waals surface area contributed by atoms with Gasteiger partial charge in [-0.15, -0.1) is 0 Å². The lowest BCUT2D eigenvalue weighted by Gasteiger charge is -2.09. The fraction of sp³-hybridized carbons (Fsp3) is 0.500. The Morgan fingerprint density at radius 1 is 1.12 bits per heavy atom. The van der Waals surface area contributed by atoms with Crippen LogP contribution in [0, 0.1) is 0 Å². The highest BCUT2D eigenvalue weighted by Gasteiger charge is 2.04. The lowest BCUT2D eigenvalue weighted by atomic mass is 10.2. The molecule has 0 amide bonds. The lowest BCUT2D eigenvalue weighted by Crippen LogP contribution is -1.97. The number of alkyl halides is 1. The molecule has 1 aromatic carbocycles. The molecule has 0 aliphatic rings. The molecule has 0 aromatic heterocycles. The van der Waals surface area contributed by atoms with Gasteiger partial charge in [0.05, 0.1) is 20.8 Å². The molecule has 4 heteroatoms. The van der Waals surface area contributed by atoms with Crippen LogP contribution in [0.2, 0.25) is 0 Å². The minimum absolute atomic E-state index is 0.605. The molecule has 0 radical (unpaired) electrons. The van der Waals surface area contributed by atoms with Gasteiger partial charge < -0.3 is 14.2 Å². The first-order valence-corrected chi connectivity index (χ1v) is 6.28. The van der Waals surface area contributed by atoms with Crippen LogP contribution in [0.3, 0.4) is 0 Å². The van der Waals surface area contributed by atoms with Crippen LogP contribution in [0.5, 0.6) is 11.5 Å². The second kappa shape index (κ2) is 7.52. The van der Waals surface area contributed by atoms with E-state index < -0.39 is 0 Å². The zero-order valence-electron chi connectivity index (χ0n) is 9.66. The van der Waals surface area contributed by atoms with E-state index >= 15 is 0 Å². The fourth-order valence-electron chi connectivity index (χ4n) is 1.32. The molecule has 0 saturated carbocycles. The Morgan fingerprint density at radius 3 is 2.50 bits per heavy atom. The molecule has 1 aromatic rings. The smallest absolute Gasteiger partial charge is 0.161 e. The Bertz CT molecular complexity index is 315. The molecule has 0 atom stereocenters. The monoisotopic (exact) mass is 288 g/mol. The summed E-state index contributed by atoms with van der Waals surface area (Å²) in [5.41, 5.74) is 1.09. The Morgan fingerprint density at radius 2 is 1.88 bits per heavy atom. The summed E-state index contributed by atoms with van der Waals surface area (Å²) >= 11 is 3.36. The van der Waals surface area contributed by atoms with Crippen LogP contribution < -0.4 is 9.47 Å². The second-order valence-corrected chi connectivity index (χ2v) is 4.08. The van der Waals surface area contributed by atoms with E-state index in [1.807, 2.05) is 18.2 Å². The van der Waals surface area contributed by atoms with E-state index in [0.717, 1.165) is 35.4 Å². The highest BCUT2D eigenvalue weighted by atomic mass is 79.9. The first-order valence-electron chi connectivity index (χ1n) is 5.16. The van der Waals surface area contributed by atoms with Crippen LogP contribution in [-0.4, -0.2) is 26.2 Å². The summed E-state index contributed by atoms with van der Waals surface area (Å²) < 4.78 is 15.9. The SMILES string of the molecule is COc1ccc(COCCCBr)cc1OC. The molecule has 90 valence electrons. The molecular weight excluding hydrogens is 272 g/mol. The third kappa shape index (κ3) is 4.02. The molecule has 16 heavy (non-hydrogen) atoms. The molecule has 0 unspecified atom stereocenters. The van der Waals surface area contributed by atoms with Crippen LogP contribution in [0.4, 0.5) is 0 Å². The number of hydrogen-bond acceptors (Lipinski definition) is 3. The summed E-state index contributed by atoms with van der Waals surface area (Å²) in [6, 6.07) is 5.81. The number of ether oxygens (including phenoxy) is 3. The van der Waals surface area contributed by atoms with Gasteiger partial charge in [-0.2, -0.15) is 0 Å². The molecule has 0 bridgehead atoms. The lowest BCUT2D eigenvalue weighted by molar-refractivity contribution is 0.122. The fourth-order valence-corrected chi connectivity index (χ4v) is 1.55. The maximum atomic E-state index is 5.51. The topological polar surface area (TPSA) is 27.7 Å². The van der Waals surface area contributed by atoms with Crippen LogP contribution in [0.1, 0.15) is 12.0 Å². The highest BCUT2D eigenvalue weighted by Crippen LogP contribution is 2.27. The van der Waals surface area contributed by atoms with Gasteiger partial charge in [-0.05, 0) is 24.1 Å². The van der Waals surface area contributed by atoms with E-state index in [-0.39, 0.29) is 0 Å². The predicted molar refractivity (Wildman–Crippen MR) is 67.6 cm³/mol. The predicted octanol–water partition coefficient (Wildman–Crippen LogP) is 3.01. The van der Waals surface area contributed by atoms with Crippen molar-refractivity contribution in [1.29, 1.82) is 0 Å². The van der Waals surface area contributed by atoms with Gasteiger partial charge in [-0.3, -0.25) is 0 Å². The zero-order valence-corrected chi connectivity index (χ0v) is 11.2. The van der Waals surface area contributed by atoms with Crippen LogP contribution >= 0.6 is 15.9 Å². The summed E-state index contributed by atoms with van der Waals surface area (Å²) in [6.07, 6.45) is 1.02. The van der Waals surface area contributed by atoms with Crippen molar-refractivity contribution >= 4 is 15.9 Å². The van der Waals surface area contributed by atoms with Crippen molar-refractivity contribution in [3.63, 3.8) is 0 Å². The third-order valence-corrected chi connectivity index (χ3v) is 2.70. The molecule has 0 saturated heterocycles. The van der Waals surface area contributed by atoms with Gasteiger partial charge in [0.25, 0.3) is 0 Å². The van der Waals surface area contributed by atoms with Crippen molar-refractivity contribution in [1.82, 2.24) is 0 Å². The van der Waals surface area contributed by atoms with Crippen molar-refractivity contribution in [3.05, 3.63) is 23.8 Å². The average Bonchev–Trinajstić information content (AvgIpc) is 2.34. The van der Waals surface area contributed by atoms with E-state index in [2.05, 4.69) is 15.9 Å².